The van der Waals surface area contributed by atoms with E-state index in [1.54, 1.807) is 74.5 Å². The van der Waals surface area contributed by atoms with Gasteiger partial charge in [-0.25, -0.2) is 0 Å². The number of rotatable bonds is 6. The van der Waals surface area contributed by atoms with Gasteiger partial charge in [0.05, 0.1) is 12.1 Å². The molecule has 0 spiro atoms. The fourth-order valence-electron chi connectivity index (χ4n) is 4.93. The standard InChI is InChI=1S/C27H27F3N2O3/c1-25(2)15-20-23(21(33)16-25)26(27(28,29)30,24(35)32(20)17-19-11-7-4-8-12-19)31-22(34)14-13-18-9-5-3-6-10-18/h3-12H,13-17H2,1-2H3,(H,31,34). The molecular weight excluding hydrogens is 457 g/mol. The number of alkyl halides is 3. The molecule has 1 N–H and O–H groups in total. The third-order valence-electron chi connectivity index (χ3n) is 6.54. The number of hydrogen-bond acceptors (Lipinski definition) is 3. The molecule has 2 aromatic rings. The van der Waals surface area contributed by atoms with E-state index in [4.69, 9.17) is 0 Å². The van der Waals surface area contributed by atoms with Crippen LogP contribution >= 0.6 is 0 Å². The van der Waals surface area contributed by atoms with Crippen molar-refractivity contribution in [2.45, 2.75) is 57.8 Å². The van der Waals surface area contributed by atoms with Crippen LogP contribution in [0, 0.1) is 5.41 Å². The largest absolute Gasteiger partial charge is 0.425 e. The molecule has 8 heteroatoms. The number of halogens is 3. The van der Waals surface area contributed by atoms with E-state index >= 15 is 0 Å². The van der Waals surface area contributed by atoms with Gasteiger partial charge >= 0.3 is 6.18 Å². The number of nitrogens with zero attached hydrogens (tertiary/aromatic N) is 1. The fraction of sp³-hybridized carbons (Fsp3) is 0.370. The van der Waals surface area contributed by atoms with Crippen LogP contribution in [0.1, 0.15) is 44.2 Å². The second-order valence-corrected chi connectivity index (χ2v) is 9.92. The van der Waals surface area contributed by atoms with Gasteiger partial charge in [-0.3, -0.25) is 14.4 Å². The number of amides is 2. The summed E-state index contributed by atoms with van der Waals surface area (Å²) in [6.07, 6.45) is -5.28. The van der Waals surface area contributed by atoms with Gasteiger partial charge in [0, 0.05) is 18.5 Å². The van der Waals surface area contributed by atoms with Crippen molar-refractivity contribution in [3.63, 3.8) is 0 Å². The van der Waals surface area contributed by atoms with Gasteiger partial charge in [-0.1, -0.05) is 74.5 Å². The van der Waals surface area contributed by atoms with Crippen molar-refractivity contribution in [1.29, 1.82) is 0 Å². The molecule has 0 saturated heterocycles. The average molecular weight is 485 g/mol. The van der Waals surface area contributed by atoms with Gasteiger partial charge in [0.1, 0.15) is 0 Å². The maximum absolute atomic E-state index is 14.8. The summed E-state index contributed by atoms with van der Waals surface area (Å²) in [5, 5.41) is 1.99. The number of hydrogen-bond donors (Lipinski definition) is 1. The lowest BCUT2D eigenvalue weighted by atomic mass is 9.72. The molecule has 1 unspecified atom stereocenters. The lowest BCUT2D eigenvalue weighted by Gasteiger charge is -2.35. The lowest BCUT2D eigenvalue weighted by molar-refractivity contribution is -0.194. The van der Waals surface area contributed by atoms with Crippen LogP contribution in [0.3, 0.4) is 0 Å². The predicted molar refractivity (Wildman–Crippen MR) is 124 cm³/mol. The molecule has 2 aliphatic rings. The number of ketones is 1. The average Bonchev–Trinajstić information content (AvgIpc) is 3.01. The zero-order chi connectivity index (χ0) is 25.4. The summed E-state index contributed by atoms with van der Waals surface area (Å²) < 4.78 is 44.4. The summed E-state index contributed by atoms with van der Waals surface area (Å²) in [5.74, 6) is -3.04. The SMILES string of the molecule is CC1(C)CC(=O)C2=C(C1)N(Cc1ccccc1)C(=O)C2(NC(=O)CCc1ccccc1)C(F)(F)F. The highest BCUT2D eigenvalue weighted by atomic mass is 19.4. The molecule has 4 rings (SSSR count). The van der Waals surface area contributed by atoms with Crippen molar-refractivity contribution in [1.82, 2.24) is 10.2 Å². The third kappa shape index (κ3) is 4.61. The highest BCUT2D eigenvalue weighted by Gasteiger charge is 2.71. The molecule has 2 aromatic carbocycles. The summed E-state index contributed by atoms with van der Waals surface area (Å²) in [6, 6.07) is 17.5. The van der Waals surface area contributed by atoms with Gasteiger partial charge in [0.15, 0.2) is 5.78 Å². The summed E-state index contributed by atoms with van der Waals surface area (Å²) in [7, 11) is 0. The Bertz CT molecular complexity index is 1170. The summed E-state index contributed by atoms with van der Waals surface area (Å²) in [5.41, 5.74) is -3.21. The van der Waals surface area contributed by atoms with Crippen LogP contribution in [0.25, 0.3) is 0 Å². The number of nitrogens with one attached hydrogen (secondary N) is 1. The van der Waals surface area contributed by atoms with Crippen LogP contribution in [0.2, 0.25) is 0 Å². The molecular formula is C27H27F3N2O3. The minimum atomic E-state index is -5.20. The Hall–Kier alpha value is -3.42. The zero-order valence-electron chi connectivity index (χ0n) is 19.6. The molecule has 0 aromatic heterocycles. The Morgan fingerprint density at radius 1 is 0.943 bits per heavy atom. The Morgan fingerprint density at radius 3 is 2.09 bits per heavy atom. The minimum absolute atomic E-state index is 0.0424. The van der Waals surface area contributed by atoms with Crippen LogP contribution in [0.4, 0.5) is 13.2 Å². The molecule has 35 heavy (non-hydrogen) atoms. The second kappa shape index (κ2) is 8.98. The Morgan fingerprint density at radius 2 is 1.51 bits per heavy atom. The number of allylic oxidation sites excluding steroid dienone is 1. The van der Waals surface area contributed by atoms with Crippen molar-refractivity contribution in [2.75, 3.05) is 0 Å². The van der Waals surface area contributed by atoms with Crippen molar-refractivity contribution in [3.05, 3.63) is 83.1 Å². The number of carbonyl (C=O) groups is 3. The molecule has 0 bridgehead atoms. The fourth-order valence-corrected chi connectivity index (χ4v) is 4.93. The molecule has 1 atom stereocenters. The van der Waals surface area contributed by atoms with E-state index in [2.05, 4.69) is 0 Å². The van der Waals surface area contributed by atoms with Crippen molar-refractivity contribution < 1.29 is 27.6 Å². The van der Waals surface area contributed by atoms with Crippen LogP contribution in [-0.4, -0.2) is 34.2 Å². The Kier molecular flexibility index (Phi) is 6.34. The van der Waals surface area contributed by atoms with Crippen molar-refractivity contribution in [2.24, 2.45) is 5.41 Å². The summed E-state index contributed by atoms with van der Waals surface area (Å²) >= 11 is 0. The quantitative estimate of drug-likeness (QED) is 0.645. The van der Waals surface area contributed by atoms with E-state index in [9.17, 15) is 27.6 Å². The van der Waals surface area contributed by atoms with Gasteiger partial charge in [-0.2, -0.15) is 13.2 Å². The van der Waals surface area contributed by atoms with Crippen molar-refractivity contribution in [3.8, 4) is 0 Å². The molecule has 0 saturated carbocycles. The first kappa shape index (κ1) is 24.7. The number of Topliss-reactive ketones (excluding diaryl/α,β-unsaturated/α-hetero) is 1. The first-order chi connectivity index (χ1) is 16.4. The highest BCUT2D eigenvalue weighted by Crippen LogP contribution is 2.52. The molecule has 1 aliphatic carbocycles. The van der Waals surface area contributed by atoms with E-state index in [-0.39, 0.29) is 37.9 Å². The third-order valence-corrected chi connectivity index (χ3v) is 6.54. The van der Waals surface area contributed by atoms with E-state index < -0.39 is 40.3 Å². The van der Waals surface area contributed by atoms with Gasteiger partial charge < -0.3 is 10.2 Å². The monoisotopic (exact) mass is 484 g/mol. The summed E-state index contributed by atoms with van der Waals surface area (Å²) in [4.78, 5) is 40.6. The topological polar surface area (TPSA) is 66.5 Å². The summed E-state index contributed by atoms with van der Waals surface area (Å²) in [6.45, 7) is 3.44. The molecule has 5 nitrogen and oxygen atoms in total. The van der Waals surface area contributed by atoms with Gasteiger partial charge in [0.2, 0.25) is 11.4 Å². The minimum Gasteiger partial charge on any atom is -0.330 e. The van der Waals surface area contributed by atoms with E-state index in [1.807, 2.05) is 5.32 Å². The molecule has 1 aliphatic heterocycles. The number of carbonyl (C=O) groups excluding carboxylic acids is 3. The molecule has 0 fully saturated rings. The maximum Gasteiger partial charge on any atom is 0.425 e. The molecule has 184 valence electrons. The molecule has 0 radical (unpaired) electrons. The van der Waals surface area contributed by atoms with E-state index in [0.29, 0.717) is 5.56 Å². The molecule has 1 heterocycles. The normalized spacial score (nSPS) is 21.8. The second-order valence-electron chi connectivity index (χ2n) is 9.92. The van der Waals surface area contributed by atoms with E-state index in [1.165, 1.54) is 0 Å². The van der Waals surface area contributed by atoms with E-state index in [0.717, 1.165) is 10.5 Å². The van der Waals surface area contributed by atoms with Crippen LogP contribution in [-0.2, 0) is 27.3 Å². The van der Waals surface area contributed by atoms with Crippen LogP contribution in [0.5, 0.6) is 0 Å². The highest BCUT2D eigenvalue weighted by molar-refractivity contribution is 6.13. The Balaban J connectivity index is 1.74. The predicted octanol–water partition coefficient (Wildman–Crippen LogP) is 4.72. The van der Waals surface area contributed by atoms with Gasteiger partial charge in [0.25, 0.3) is 5.91 Å². The van der Waals surface area contributed by atoms with Gasteiger partial charge in [-0.15, -0.1) is 0 Å². The number of aryl methyl sites for hydroxylation is 1. The lowest BCUT2D eigenvalue weighted by Crippen LogP contribution is -2.66. The van der Waals surface area contributed by atoms with Crippen LogP contribution < -0.4 is 5.32 Å². The van der Waals surface area contributed by atoms with Gasteiger partial charge in [-0.05, 0) is 29.4 Å². The van der Waals surface area contributed by atoms with Crippen LogP contribution in [0.15, 0.2) is 71.9 Å². The smallest absolute Gasteiger partial charge is 0.330 e. The first-order valence-corrected chi connectivity index (χ1v) is 11.5. The molecule has 2 amide bonds. The maximum atomic E-state index is 14.8. The number of benzene rings is 2. The Labute approximate surface area is 202 Å². The van der Waals surface area contributed by atoms with Crippen molar-refractivity contribution >= 4 is 17.6 Å². The zero-order valence-corrected chi connectivity index (χ0v) is 19.6. The first-order valence-electron chi connectivity index (χ1n) is 11.5.